The molecule has 0 saturated carbocycles. The van der Waals surface area contributed by atoms with E-state index in [9.17, 15) is 9.59 Å². The summed E-state index contributed by atoms with van der Waals surface area (Å²) in [5, 5.41) is 14.9. The standard InChI is InChI=1S/C22H23N5O3S/c1-15(28)17-9-5-10-18(13-17)23-21(29)20(16-7-3-2-4-8-16)31-22-24-25-26-27(22)14-19-11-6-12-30-19/h2-5,7-10,13,19-20H,6,11-12,14H2,1H3,(H,23,29). The summed E-state index contributed by atoms with van der Waals surface area (Å²) in [5.41, 5.74) is 1.94. The summed E-state index contributed by atoms with van der Waals surface area (Å²) in [4.78, 5) is 24.9. The van der Waals surface area contributed by atoms with E-state index in [2.05, 4.69) is 20.8 Å². The molecule has 8 nitrogen and oxygen atoms in total. The monoisotopic (exact) mass is 437 g/mol. The van der Waals surface area contributed by atoms with Gasteiger partial charge in [-0.2, -0.15) is 0 Å². The number of aromatic nitrogens is 4. The molecule has 1 aliphatic rings. The maximum atomic E-state index is 13.3. The van der Waals surface area contributed by atoms with Gasteiger partial charge in [0, 0.05) is 17.9 Å². The van der Waals surface area contributed by atoms with Crippen LogP contribution in [0.25, 0.3) is 0 Å². The van der Waals surface area contributed by atoms with Gasteiger partial charge in [-0.05, 0) is 47.9 Å². The smallest absolute Gasteiger partial charge is 0.242 e. The SMILES string of the molecule is CC(=O)c1cccc(NC(=O)C(Sc2nnnn2CC2CCCO2)c2ccccc2)c1. The molecule has 9 heteroatoms. The largest absolute Gasteiger partial charge is 0.376 e. The Labute approximate surface area is 184 Å². The summed E-state index contributed by atoms with van der Waals surface area (Å²) >= 11 is 1.29. The highest BCUT2D eigenvalue weighted by molar-refractivity contribution is 8.00. The molecule has 1 saturated heterocycles. The Morgan fingerprint density at radius 1 is 1.23 bits per heavy atom. The average molecular weight is 438 g/mol. The molecule has 1 N–H and O–H groups in total. The highest BCUT2D eigenvalue weighted by Gasteiger charge is 2.26. The fraction of sp³-hybridized carbons (Fsp3) is 0.318. The van der Waals surface area contributed by atoms with Crippen LogP contribution in [0.4, 0.5) is 5.69 Å². The van der Waals surface area contributed by atoms with Crippen molar-refractivity contribution in [2.24, 2.45) is 0 Å². The lowest BCUT2D eigenvalue weighted by molar-refractivity contribution is -0.115. The zero-order chi connectivity index (χ0) is 21.6. The summed E-state index contributed by atoms with van der Waals surface area (Å²) in [5.74, 6) is -0.276. The zero-order valence-electron chi connectivity index (χ0n) is 17.1. The Kier molecular flexibility index (Phi) is 6.73. The number of benzene rings is 2. The minimum absolute atomic E-state index is 0.0570. The predicted molar refractivity (Wildman–Crippen MR) is 117 cm³/mol. The third kappa shape index (κ3) is 5.36. The molecule has 0 spiro atoms. The van der Waals surface area contributed by atoms with Gasteiger partial charge in [0.25, 0.3) is 0 Å². The second kappa shape index (κ2) is 9.84. The van der Waals surface area contributed by atoms with E-state index in [0.29, 0.717) is 23.0 Å². The number of hydrogen-bond acceptors (Lipinski definition) is 7. The van der Waals surface area contributed by atoms with Gasteiger partial charge in [-0.25, -0.2) is 4.68 Å². The van der Waals surface area contributed by atoms with E-state index in [-0.39, 0.29) is 17.8 Å². The fourth-order valence-corrected chi connectivity index (χ4v) is 4.39. The van der Waals surface area contributed by atoms with Crippen LogP contribution in [0.5, 0.6) is 0 Å². The molecule has 1 aliphatic heterocycles. The number of anilines is 1. The number of rotatable bonds is 8. The van der Waals surface area contributed by atoms with Crippen LogP contribution in [0.3, 0.4) is 0 Å². The summed E-state index contributed by atoms with van der Waals surface area (Å²) in [6, 6.07) is 16.4. The van der Waals surface area contributed by atoms with Crippen molar-refractivity contribution in [3.05, 3.63) is 65.7 Å². The van der Waals surface area contributed by atoms with Crippen molar-refractivity contribution in [2.75, 3.05) is 11.9 Å². The van der Waals surface area contributed by atoms with E-state index in [1.165, 1.54) is 18.7 Å². The normalized spacial score (nSPS) is 16.7. The van der Waals surface area contributed by atoms with Crippen LogP contribution in [0, 0.1) is 0 Å². The van der Waals surface area contributed by atoms with E-state index in [4.69, 9.17) is 4.74 Å². The first kappa shape index (κ1) is 21.2. The van der Waals surface area contributed by atoms with E-state index in [0.717, 1.165) is 25.0 Å². The number of Topliss-reactive ketones (excluding diaryl/α,β-unsaturated/α-hetero) is 1. The fourth-order valence-electron chi connectivity index (χ4n) is 3.41. The van der Waals surface area contributed by atoms with E-state index in [1.54, 1.807) is 28.9 Å². The summed E-state index contributed by atoms with van der Waals surface area (Å²) in [7, 11) is 0. The molecular formula is C22H23N5O3S. The summed E-state index contributed by atoms with van der Waals surface area (Å²) in [6.07, 6.45) is 2.09. The topological polar surface area (TPSA) is 99.0 Å². The molecule has 1 fully saturated rings. The van der Waals surface area contributed by atoms with Gasteiger partial charge in [0.05, 0.1) is 12.6 Å². The van der Waals surface area contributed by atoms with E-state index < -0.39 is 5.25 Å². The molecule has 160 valence electrons. The lowest BCUT2D eigenvalue weighted by Crippen LogP contribution is -2.21. The van der Waals surface area contributed by atoms with Gasteiger partial charge in [-0.3, -0.25) is 9.59 Å². The van der Waals surface area contributed by atoms with Gasteiger partial charge < -0.3 is 10.1 Å². The van der Waals surface area contributed by atoms with Crippen LogP contribution in [0.1, 0.15) is 40.9 Å². The molecule has 1 amide bonds. The van der Waals surface area contributed by atoms with Crippen molar-refractivity contribution in [3.8, 4) is 0 Å². The molecule has 2 heterocycles. The molecule has 3 aromatic rings. The number of hydrogen-bond donors (Lipinski definition) is 1. The molecule has 2 aromatic carbocycles. The van der Waals surface area contributed by atoms with Gasteiger partial charge >= 0.3 is 0 Å². The van der Waals surface area contributed by atoms with Crippen molar-refractivity contribution in [1.82, 2.24) is 20.2 Å². The van der Waals surface area contributed by atoms with Gasteiger partial charge in [-0.15, -0.1) is 5.10 Å². The van der Waals surface area contributed by atoms with Crippen LogP contribution < -0.4 is 5.32 Å². The Balaban J connectivity index is 1.56. The highest BCUT2D eigenvalue weighted by atomic mass is 32.2. The highest BCUT2D eigenvalue weighted by Crippen LogP contribution is 2.35. The maximum Gasteiger partial charge on any atom is 0.242 e. The predicted octanol–water partition coefficient (Wildman–Crippen LogP) is 3.53. The molecule has 2 unspecified atom stereocenters. The summed E-state index contributed by atoms with van der Waals surface area (Å²) < 4.78 is 7.39. The number of nitrogens with zero attached hydrogens (tertiary/aromatic N) is 4. The number of carbonyl (C=O) groups excluding carboxylic acids is 2. The van der Waals surface area contributed by atoms with Crippen molar-refractivity contribution in [1.29, 1.82) is 0 Å². The van der Waals surface area contributed by atoms with Crippen molar-refractivity contribution in [2.45, 2.75) is 42.8 Å². The lowest BCUT2D eigenvalue weighted by atomic mass is 10.1. The first-order valence-corrected chi connectivity index (χ1v) is 11.0. The van der Waals surface area contributed by atoms with Crippen LogP contribution >= 0.6 is 11.8 Å². The maximum absolute atomic E-state index is 13.3. The molecule has 0 radical (unpaired) electrons. The number of ether oxygens (including phenoxy) is 1. The quantitative estimate of drug-likeness (QED) is 0.425. The average Bonchev–Trinajstić information content (AvgIpc) is 3.45. The Hall–Kier alpha value is -3.04. The number of thioether (sulfide) groups is 1. The second-order valence-electron chi connectivity index (χ2n) is 7.31. The number of nitrogens with one attached hydrogen (secondary N) is 1. The van der Waals surface area contributed by atoms with Crippen LogP contribution in [0.2, 0.25) is 0 Å². The second-order valence-corrected chi connectivity index (χ2v) is 8.39. The van der Waals surface area contributed by atoms with Gasteiger partial charge in [-0.1, -0.05) is 54.2 Å². The molecule has 0 bridgehead atoms. The third-order valence-electron chi connectivity index (χ3n) is 5.00. The molecule has 0 aliphatic carbocycles. The number of ketones is 1. The van der Waals surface area contributed by atoms with Gasteiger partial charge in [0.1, 0.15) is 5.25 Å². The van der Waals surface area contributed by atoms with Crippen LogP contribution in [0.15, 0.2) is 59.8 Å². The van der Waals surface area contributed by atoms with Crippen LogP contribution in [-0.4, -0.2) is 44.6 Å². The molecule has 4 rings (SSSR count). The molecule has 31 heavy (non-hydrogen) atoms. The van der Waals surface area contributed by atoms with Crippen molar-refractivity contribution >= 4 is 29.1 Å². The Morgan fingerprint density at radius 3 is 2.81 bits per heavy atom. The number of tetrazole rings is 1. The molecule has 1 aromatic heterocycles. The van der Waals surface area contributed by atoms with Crippen LogP contribution in [-0.2, 0) is 16.1 Å². The molecular weight excluding hydrogens is 414 g/mol. The van der Waals surface area contributed by atoms with E-state index >= 15 is 0 Å². The van der Waals surface area contributed by atoms with Crippen molar-refractivity contribution < 1.29 is 14.3 Å². The minimum atomic E-state index is -0.573. The third-order valence-corrected chi connectivity index (χ3v) is 6.23. The first-order chi connectivity index (χ1) is 15.1. The van der Waals surface area contributed by atoms with Crippen molar-refractivity contribution in [3.63, 3.8) is 0 Å². The van der Waals surface area contributed by atoms with Gasteiger partial charge in [0.2, 0.25) is 11.1 Å². The van der Waals surface area contributed by atoms with Gasteiger partial charge in [0.15, 0.2) is 5.78 Å². The molecule has 2 atom stereocenters. The first-order valence-electron chi connectivity index (χ1n) is 10.1. The Morgan fingerprint density at radius 2 is 2.06 bits per heavy atom. The number of carbonyl (C=O) groups is 2. The van der Waals surface area contributed by atoms with E-state index in [1.807, 2.05) is 30.3 Å². The minimum Gasteiger partial charge on any atom is -0.376 e. The number of amides is 1. The Bertz CT molecular complexity index is 1050. The zero-order valence-corrected chi connectivity index (χ0v) is 17.9. The lowest BCUT2D eigenvalue weighted by Gasteiger charge is -2.17. The summed E-state index contributed by atoms with van der Waals surface area (Å²) in [6.45, 7) is 2.81.